The molecule has 30 heavy (non-hydrogen) atoms. The van der Waals surface area contributed by atoms with Crippen LogP contribution in [0.15, 0.2) is 28.7 Å². The van der Waals surface area contributed by atoms with Crippen molar-refractivity contribution in [2.75, 3.05) is 13.1 Å². The molecule has 2 fully saturated rings. The molecule has 0 aliphatic carbocycles. The van der Waals surface area contributed by atoms with Crippen LogP contribution in [0.1, 0.15) is 50.5 Å². The Balaban J connectivity index is 1.51. The highest BCUT2D eigenvalue weighted by molar-refractivity contribution is 5.76. The van der Waals surface area contributed by atoms with E-state index in [1.807, 2.05) is 11.8 Å². The molecule has 2 aliphatic heterocycles. The number of hydrogen-bond acceptors (Lipinski definition) is 5. The first-order valence-corrected chi connectivity index (χ1v) is 10.4. The molecule has 1 amide bonds. The van der Waals surface area contributed by atoms with Crippen LogP contribution in [0.2, 0.25) is 0 Å². The van der Waals surface area contributed by atoms with Gasteiger partial charge >= 0.3 is 6.18 Å². The number of hydrogen-bond donors (Lipinski definition) is 0. The predicted molar refractivity (Wildman–Crippen MR) is 103 cm³/mol. The summed E-state index contributed by atoms with van der Waals surface area (Å²) < 4.78 is 45.5. The zero-order valence-corrected chi connectivity index (χ0v) is 16.9. The summed E-state index contributed by atoms with van der Waals surface area (Å²) in [6.07, 6.45) is -0.0399. The van der Waals surface area contributed by atoms with Crippen molar-refractivity contribution >= 4 is 5.91 Å². The smallest absolute Gasteiger partial charge is 0.417 e. The van der Waals surface area contributed by atoms with E-state index in [4.69, 9.17) is 4.42 Å². The van der Waals surface area contributed by atoms with Crippen molar-refractivity contribution in [1.29, 1.82) is 0 Å². The van der Waals surface area contributed by atoms with Gasteiger partial charge in [-0.3, -0.25) is 9.69 Å². The molecule has 4 rings (SSSR count). The van der Waals surface area contributed by atoms with Crippen LogP contribution in [0.4, 0.5) is 13.2 Å². The summed E-state index contributed by atoms with van der Waals surface area (Å²) in [5.41, 5.74) is -0.906. The van der Waals surface area contributed by atoms with E-state index in [-0.39, 0.29) is 29.4 Å². The Hall–Kier alpha value is -2.42. The van der Waals surface area contributed by atoms with Crippen LogP contribution in [0.3, 0.4) is 0 Å². The lowest BCUT2D eigenvalue weighted by Gasteiger charge is -2.34. The Morgan fingerprint density at radius 1 is 1.13 bits per heavy atom. The van der Waals surface area contributed by atoms with Gasteiger partial charge in [0.1, 0.15) is 0 Å². The van der Waals surface area contributed by atoms with Gasteiger partial charge in [0, 0.05) is 25.0 Å². The van der Waals surface area contributed by atoms with Crippen LogP contribution in [-0.4, -0.2) is 51.1 Å². The lowest BCUT2D eigenvalue weighted by atomic mass is 10.0. The van der Waals surface area contributed by atoms with E-state index in [1.165, 1.54) is 18.2 Å². The number of halogens is 3. The molecule has 162 valence electrons. The van der Waals surface area contributed by atoms with Crippen molar-refractivity contribution in [3.63, 3.8) is 0 Å². The molecule has 2 saturated heterocycles. The average molecular weight is 422 g/mol. The third-order valence-corrected chi connectivity index (χ3v) is 6.05. The zero-order chi connectivity index (χ0) is 21.3. The maximum atomic E-state index is 13.3. The molecule has 2 aromatic rings. The molecule has 0 saturated carbocycles. The van der Waals surface area contributed by atoms with Gasteiger partial charge in [-0.25, -0.2) is 0 Å². The zero-order valence-electron chi connectivity index (χ0n) is 16.9. The van der Waals surface area contributed by atoms with E-state index >= 15 is 0 Å². The van der Waals surface area contributed by atoms with E-state index < -0.39 is 11.7 Å². The topological polar surface area (TPSA) is 62.5 Å². The summed E-state index contributed by atoms with van der Waals surface area (Å²) in [5, 5.41) is 7.88. The van der Waals surface area contributed by atoms with Gasteiger partial charge in [-0.2, -0.15) is 13.2 Å². The monoisotopic (exact) mass is 422 g/mol. The van der Waals surface area contributed by atoms with E-state index in [1.54, 1.807) is 0 Å². The van der Waals surface area contributed by atoms with Gasteiger partial charge in [0.25, 0.3) is 0 Å². The molecular formula is C21H25F3N4O2. The minimum Gasteiger partial charge on any atom is -0.419 e. The van der Waals surface area contributed by atoms with Crippen LogP contribution in [0.25, 0.3) is 11.5 Å². The number of amides is 1. The standard InChI is InChI=1S/C21H25F3N4O2/c1-2-19(29)28-12-6-10-17(28)16-9-5-11-27(16)13-18-25-26-20(30-18)14-7-3-4-8-15(14)21(22,23)24/h3-4,7-8,16-17H,2,5-6,9-13H2,1H3/t16-,17+/m0/s1. The fourth-order valence-corrected chi connectivity index (χ4v) is 4.71. The molecule has 1 aromatic carbocycles. The van der Waals surface area contributed by atoms with Crippen molar-refractivity contribution in [2.24, 2.45) is 0 Å². The second kappa shape index (κ2) is 8.37. The number of aromatic nitrogens is 2. The normalized spacial score (nSPS) is 22.7. The van der Waals surface area contributed by atoms with Gasteiger partial charge in [-0.1, -0.05) is 19.1 Å². The number of carbonyl (C=O) groups excluding carboxylic acids is 1. The van der Waals surface area contributed by atoms with E-state index in [0.717, 1.165) is 44.8 Å². The molecule has 0 unspecified atom stereocenters. The number of benzene rings is 1. The molecule has 0 radical (unpaired) electrons. The van der Waals surface area contributed by atoms with Gasteiger partial charge in [0.15, 0.2) is 0 Å². The summed E-state index contributed by atoms with van der Waals surface area (Å²) in [6, 6.07) is 5.59. The van der Waals surface area contributed by atoms with Crippen LogP contribution < -0.4 is 0 Å². The van der Waals surface area contributed by atoms with Crippen molar-refractivity contribution in [3.8, 4) is 11.5 Å². The fourth-order valence-electron chi connectivity index (χ4n) is 4.71. The maximum absolute atomic E-state index is 13.3. The van der Waals surface area contributed by atoms with E-state index in [2.05, 4.69) is 15.1 Å². The lowest BCUT2D eigenvalue weighted by molar-refractivity contribution is -0.137. The lowest BCUT2D eigenvalue weighted by Crippen LogP contribution is -2.47. The molecule has 6 nitrogen and oxygen atoms in total. The predicted octanol–water partition coefficient (Wildman–Crippen LogP) is 4.12. The minimum atomic E-state index is -4.50. The highest BCUT2D eigenvalue weighted by Crippen LogP contribution is 2.37. The van der Waals surface area contributed by atoms with Crippen LogP contribution in [0, 0.1) is 0 Å². The van der Waals surface area contributed by atoms with Gasteiger partial charge in [-0.15, -0.1) is 10.2 Å². The Labute approximate surface area is 173 Å². The highest BCUT2D eigenvalue weighted by atomic mass is 19.4. The molecule has 1 aromatic heterocycles. The molecule has 3 heterocycles. The fraction of sp³-hybridized carbons (Fsp3) is 0.571. The van der Waals surface area contributed by atoms with Gasteiger partial charge in [-0.05, 0) is 44.4 Å². The summed E-state index contributed by atoms with van der Waals surface area (Å²) in [6.45, 7) is 3.88. The molecule has 2 atom stereocenters. The van der Waals surface area contributed by atoms with Crippen molar-refractivity contribution in [2.45, 2.75) is 63.8 Å². The quantitative estimate of drug-likeness (QED) is 0.725. The van der Waals surface area contributed by atoms with Gasteiger partial charge in [0.2, 0.25) is 17.7 Å². The van der Waals surface area contributed by atoms with Gasteiger partial charge < -0.3 is 9.32 Å². The Kier molecular flexibility index (Phi) is 5.81. The van der Waals surface area contributed by atoms with Crippen molar-refractivity contribution in [1.82, 2.24) is 20.0 Å². The Bertz CT molecular complexity index is 898. The second-order valence-corrected chi connectivity index (χ2v) is 7.87. The van der Waals surface area contributed by atoms with Crippen molar-refractivity contribution in [3.05, 3.63) is 35.7 Å². The molecule has 0 spiro atoms. The average Bonchev–Trinajstić information content (AvgIpc) is 3.47. The molecule has 0 N–H and O–H groups in total. The van der Waals surface area contributed by atoms with E-state index in [0.29, 0.717) is 18.9 Å². The third kappa shape index (κ3) is 4.08. The third-order valence-electron chi connectivity index (χ3n) is 6.05. The minimum absolute atomic E-state index is 0.114. The van der Waals surface area contributed by atoms with Crippen LogP contribution >= 0.6 is 0 Å². The Morgan fingerprint density at radius 2 is 1.87 bits per heavy atom. The van der Waals surface area contributed by atoms with Crippen molar-refractivity contribution < 1.29 is 22.4 Å². The van der Waals surface area contributed by atoms with E-state index in [9.17, 15) is 18.0 Å². The summed E-state index contributed by atoms with van der Waals surface area (Å²) in [4.78, 5) is 16.5. The molecular weight excluding hydrogens is 397 g/mol. The number of carbonyl (C=O) groups is 1. The highest BCUT2D eigenvalue weighted by Gasteiger charge is 2.40. The summed E-state index contributed by atoms with van der Waals surface area (Å²) >= 11 is 0. The first-order chi connectivity index (χ1) is 14.4. The molecule has 0 bridgehead atoms. The number of alkyl halides is 3. The first-order valence-electron chi connectivity index (χ1n) is 10.4. The Morgan fingerprint density at radius 3 is 2.63 bits per heavy atom. The van der Waals surface area contributed by atoms with Gasteiger partial charge in [0.05, 0.1) is 17.7 Å². The summed E-state index contributed by atoms with van der Waals surface area (Å²) in [5.74, 6) is 0.339. The maximum Gasteiger partial charge on any atom is 0.417 e. The second-order valence-electron chi connectivity index (χ2n) is 7.87. The molecule has 9 heteroatoms. The SMILES string of the molecule is CCC(=O)N1CCC[C@@H]1[C@@H]1CCCN1Cc1nnc(-c2ccccc2C(F)(F)F)o1. The van der Waals surface area contributed by atoms with Crippen LogP contribution in [-0.2, 0) is 17.5 Å². The largest absolute Gasteiger partial charge is 0.419 e. The summed E-state index contributed by atoms with van der Waals surface area (Å²) in [7, 11) is 0. The number of rotatable bonds is 5. The molecule has 2 aliphatic rings. The number of likely N-dealkylation sites (tertiary alicyclic amines) is 2. The van der Waals surface area contributed by atoms with Crippen LogP contribution in [0.5, 0.6) is 0 Å². The number of nitrogens with zero attached hydrogens (tertiary/aromatic N) is 4. The first kappa shape index (κ1) is 20.8.